The summed E-state index contributed by atoms with van der Waals surface area (Å²) in [5.41, 5.74) is 0. The Morgan fingerprint density at radius 1 is 1.18 bits per heavy atom. The zero-order chi connectivity index (χ0) is 15.8. The molecule has 1 fully saturated rings. The molecule has 22 heavy (non-hydrogen) atoms. The molecule has 0 aromatic heterocycles. The minimum Gasteiger partial charge on any atom is -0.391 e. The van der Waals surface area contributed by atoms with E-state index in [9.17, 15) is 0 Å². The molecule has 1 aromatic carbocycles. The van der Waals surface area contributed by atoms with Crippen LogP contribution in [0.5, 0.6) is 0 Å². The first-order valence-corrected chi connectivity index (χ1v) is 10.3. The van der Waals surface area contributed by atoms with E-state index in [1.807, 2.05) is 19.9 Å². The van der Waals surface area contributed by atoms with Crippen LogP contribution in [0.2, 0.25) is 6.04 Å². The molecule has 0 saturated carbocycles. The number of hydrogen-bond donors (Lipinski definition) is 0. The van der Waals surface area contributed by atoms with Gasteiger partial charge in [0.1, 0.15) is 6.10 Å². The van der Waals surface area contributed by atoms with E-state index in [0.717, 1.165) is 19.1 Å². The highest BCUT2D eigenvalue weighted by Gasteiger charge is 2.39. The second-order valence-corrected chi connectivity index (χ2v) is 8.78. The van der Waals surface area contributed by atoms with Gasteiger partial charge in [0.25, 0.3) is 0 Å². The molecule has 1 saturated heterocycles. The van der Waals surface area contributed by atoms with Crippen molar-refractivity contribution in [2.24, 2.45) is 0 Å². The van der Waals surface area contributed by atoms with E-state index in [0.29, 0.717) is 25.9 Å². The summed E-state index contributed by atoms with van der Waals surface area (Å²) in [5.74, 6) is 0. The maximum absolute atomic E-state index is 6.18. The number of ether oxygens (including phenoxy) is 2. The first-order chi connectivity index (χ1) is 10.7. The Morgan fingerprint density at radius 2 is 1.82 bits per heavy atom. The molecule has 2 atom stereocenters. The molecule has 1 heterocycles. The minimum atomic E-state index is -2.39. The standard InChI is InChI=1S/C17H28O4Si/c1-4-20-22(21-5-2,17-9-7-6-8-10-17)12-11-15(3)18-13-16-14-19-16/h6-10,15-16H,4-5,11-14H2,1-3H3. The van der Waals surface area contributed by atoms with Crippen LogP contribution in [0.25, 0.3) is 0 Å². The zero-order valence-electron chi connectivity index (χ0n) is 13.9. The van der Waals surface area contributed by atoms with Gasteiger partial charge in [-0.15, -0.1) is 0 Å². The highest BCUT2D eigenvalue weighted by molar-refractivity contribution is 6.81. The molecule has 0 amide bonds. The molecule has 0 spiro atoms. The monoisotopic (exact) mass is 324 g/mol. The van der Waals surface area contributed by atoms with E-state index in [-0.39, 0.29) is 6.10 Å². The van der Waals surface area contributed by atoms with Crippen LogP contribution in [-0.2, 0) is 18.3 Å². The van der Waals surface area contributed by atoms with Gasteiger partial charge in [-0.25, -0.2) is 0 Å². The summed E-state index contributed by atoms with van der Waals surface area (Å²) in [6, 6.07) is 11.3. The summed E-state index contributed by atoms with van der Waals surface area (Å²) in [6.45, 7) is 9.07. The fraction of sp³-hybridized carbons (Fsp3) is 0.647. The van der Waals surface area contributed by atoms with Gasteiger partial charge in [-0.3, -0.25) is 0 Å². The lowest BCUT2D eigenvalue weighted by Gasteiger charge is -2.31. The number of hydrogen-bond acceptors (Lipinski definition) is 4. The van der Waals surface area contributed by atoms with Crippen molar-refractivity contribution in [3.63, 3.8) is 0 Å². The Hall–Kier alpha value is -0.723. The first-order valence-electron chi connectivity index (χ1n) is 8.26. The number of epoxide rings is 1. The minimum absolute atomic E-state index is 0.195. The van der Waals surface area contributed by atoms with E-state index >= 15 is 0 Å². The Kier molecular flexibility index (Phi) is 7.04. The third-order valence-corrected chi connectivity index (χ3v) is 7.49. The van der Waals surface area contributed by atoms with E-state index in [1.54, 1.807) is 0 Å². The molecule has 1 aromatic rings. The Labute approximate surface area is 135 Å². The normalized spacial score (nSPS) is 19.1. The Morgan fingerprint density at radius 3 is 2.36 bits per heavy atom. The maximum atomic E-state index is 6.18. The Bertz CT molecular complexity index is 416. The molecule has 2 rings (SSSR count). The molecule has 0 bridgehead atoms. The molecule has 4 nitrogen and oxygen atoms in total. The van der Waals surface area contributed by atoms with Gasteiger partial charge in [0, 0.05) is 13.2 Å². The van der Waals surface area contributed by atoms with Crippen LogP contribution in [0.4, 0.5) is 0 Å². The quantitative estimate of drug-likeness (QED) is 0.463. The van der Waals surface area contributed by atoms with Crippen molar-refractivity contribution >= 4 is 13.7 Å². The van der Waals surface area contributed by atoms with Gasteiger partial charge in [0.15, 0.2) is 0 Å². The van der Waals surface area contributed by atoms with Crippen LogP contribution in [0, 0.1) is 0 Å². The van der Waals surface area contributed by atoms with Crippen molar-refractivity contribution in [1.29, 1.82) is 0 Å². The average Bonchev–Trinajstić information content (AvgIpc) is 3.36. The van der Waals surface area contributed by atoms with Crippen LogP contribution in [-0.4, -0.2) is 47.2 Å². The smallest absolute Gasteiger partial charge is 0.372 e. The van der Waals surface area contributed by atoms with Gasteiger partial charge in [-0.1, -0.05) is 30.3 Å². The molecule has 0 N–H and O–H groups in total. The maximum Gasteiger partial charge on any atom is 0.372 e. The van der Waals surface area contributed by atoms with Crippen molar-refractivity contribution < 1.29 is 18.3 Å². The summed E-state index contributed by atoms with van der Waals surface area (Å²) in [7, 11) is -2.39. The lowest BCUT2D eigenvalue weighted by molar-refractivity contribution is 0.0500. The van der Waals surface area contributed by atoms with Crippen molar-refractivity contribution in [2.75, 3.05) is 26.4 Å². The van der Waals surface area contributed by atoms with Gasteiger partial charge >= 0.3 is 8.56 Å². The van der Waals surface area contributed by atoms with E-state index in [4.69, 9.17) is 18.3 Å². The van der Waals surface area contributed by atoms with Crippen molar-refractivity contribution in [2.45, 2.75) is 45.4 Å². The van der Waals surface area contributed by atoms with Crippen LogP contribution in [0.1, 0.15) is 27.2 Å². The van der Waals surface area contributed by atoms with Crippen molar-refractivity contribution in [3.05, 3.63) is 30.3 Å². The average molecular weight is 324 g/mol. The lowest BCUT2D eigenvalue weighted by atomic mass is 10.3. The van der Waals surface area contributed by atoms with Crippen molar-refractivity contribution in [3.8, 4) is 0 Å². The molecular formula is C17H28O4Si. The largest absolute Gasteiger partial charge is 0.391 e. The molecule has 124 valence electrons. The van der Waals surface area contributed by atoms with Crippen LogP contribution in [0.3, 0.4) is 0 Å². The fourth-order valence-corrected chi connectivity index (χ4v) is 5.98. The first kappa shape index (κ1) is 17.6. The van der Waals surface area contributed by atoms with E-state index < -0.39 is 8.56 Å². The van der Waals surface area contributed by atoms with E-state index in [1.165, 1.54) is 5.19 Å². The van der Waals surface area contributed by atoms with Gasteiger partial charge in [-0.05, 0) is 38.4 Å². The van der Waals surface area contributed by atoms with Gasteiger partial charge in [0.2, 0.25) is 0 Å². The summed E-state index contributed by atoms with van der Waals surface area (Å²) < 4.78 is 23.4. The lowest BCUT2D eigenvalue weighted by Crippen LogP contribution is -2.54. The highest BCUT2D eigenvalue weighted by Crippen LogP contribution is 2.20. The fourth-order valence-electron chi connectivity index (χ4n) is 2.57. The predicted octanol–water partition coefficient (Wildman–Crippen LogP) is 2.60. The van der Waals surface area contributed by atoms with Crippen LogP contribution in [0.15, 0.2) is 30.3 Å². The third kappa shape index (κ3) is 5.17. The van der Waals surface area contributed by atoms with Gasteiger partial charge in [-0.2, -0.15) is 0 Å². The number of benzene rings is 1. The SMILES string of the molecule is CCO[Si](CCC(C)OCC1CO1)(OCC)c1ccccc1. The molecule has 5 heteroatoms. The molecule has 2 unspecified atom stereocenters. The molecule has 0 radical (unpaired) electrons. The van der Waals surface area contributed by atoms with E-state index in [2.05, 4.69) is 31.2 Å². The number of rotatable bonds is 11. The van der Waals surface area contributed by atoms with Crippen molar-refractivity contribution in [1.82, 2.24) is 0 Å². The summed E-state index contributed by atoms with van der Waals surface area (Å²) in [6.07, 6.45) is 1.45. The third-order valence-electron chi connectivity index (χ3n) is 3.82. The predicted molar refractivity (Wildman–Crippen MR) is 89.7 cm³/mol. The second-order valence-electron chi connectivity index (χ2n) is 5.62. The topological polar surface area (TPSA) is 40.2 Å². The molecule has 1 aliphatic heterocycles. The Balaban J connectivity index is 1.99. The van der Waals surface area contributed by atoms with Crippen LogP contribution >= 0.6 is 0 Å². The molecule has 0 aliphatic carbocycles. The summed E-state index contributed by atoms with van der Waals surface area (Å²) >= 11 is 0. The van der Waals surface area contributed by atoms with Gasteiger partial charge < -0.3 is 18.3 Å². The summed E-state index contributed by atoms with van der Waals surface area (Å²) in [4.78, 5) is 0. The second kappa shape index (κ2) is 8.79. The van der Waals surface area contributed by atoms with Gasteiger partial charge in [0.05, 0.1) is 19.3 Å². The summed E-state index contributed by atoms with van der Waals surface area (Å²) in [5, 5.41) is 1.21. The molecular weight excluding hydrogens is 296 g/mol. The highest BCUT2D eigenvalue weighted by atomic mass is 28.4. The zero-order valence-corrected chi connectivity index (χ0v) is 14.9. The van der Waals surface area contributed by atoms with Crippen LogP contribution < -0.4 is 5.19 Å². The molecule has 1 aliphatic rings.